The summed E-state index contributed by atoms with van der Waals surface area (Å²) in [5, 5.41) is 1.78. The van der Waals surface area contributed by atoms with Gasteiger partial charge < -0.3 is 9.64 Å². The first kappa shape index (κ1) is 18.0. The number of hydrogen-bond acceptors (Lipinski definition) is 4. The van der Waals surface area contributed by atoms with Gasteiger partial charge in [-0.3, -0.25) is 4.79 Å². The molecule has 0 radical (unpaired) electrons. The van der Waals surface area contributed by atoms with Crippen LogP contribution in [0.15, 0.2) is 24.3 Å². The van der Waals surface area contributed by atoms with Crippen LogP contribution < -0.4 is 0 Å². The molecule has 0 saturated carbocycles. The Balaban J connectivity index is 1.90. The Bertz CT molecular complexity index is 540. The van der Waals surface area contributed by atoms with E-state index >= 15 is 0 Å². The molecule has 1 fully saturated rings. The van der Waals surface area contributed by atoms with Gasteiger partial charge in [-0.15, -0.1) is 0 Å². The van der Waals surface area contributed by atoms with Crippen molar-refractivity contribution in [1.29, 1.82) is 0 Å². The van der Waals surface area contributed by atoms with Crippen LogP contribution in [0.2, 0.25) is 0 Å². The fourth-order valence-corrected chi connectivity index (χ4v) is 3.31. The van der Waals surface area contributed by atoms with E-state index in [4.69, 9.17) is 17.0 Å². The summed E-state index contributed by atoms with van der Waals surface area (Å²) in [6, 6.07) is 6.58. The number of benzene rings is 1. The predicted molar refractivity (Wildman–Crippen MR) is 93.2 cm³/mol. The van der Waals surface area contributed by atoms with Crippen LogP contribution in [-0.2, 0) is 14.9 Å². The average Bonchev–Trinajstić information content (AvgIpc) is 2.60. The third-order valence-corrected chi connectivity index (χ3v) is 5.35. The normalized spacial score (nSPS) is 19.1. The Labute approximate surface area is 142 Å². The lowest BCUT2D eigenvalue weighted by atomic mass is 9.81. The molecule has 1 unspecified atom stereocenters. The van der Waals surface area contributed by atoms with Crippen molar-refractivity contribution >= 4 is 23.6 Å². The predicted octanol–water partition coefficient (Wildman–Crippen LogP) is 3.36. The van der Waals surface area contributed by atoms with Crippen molar-refractivity contribution in [3.63, 3.8) is 0 Å². The molecule has 1 saturated heterocycles. The average molecular weight is 337 g/mol. The number of carbonyl (C=O) groups is 1. The second-order valence-corrected chi connectivity index (χ2v) is 6.67. The Hall–Kier alpha value is -1.33. The maximum absolute atomic E-state index is 13.1. The summed E-state index contributed by atoms with van der Waals surface area (Å²) in [6.45, 7) is 4.80. The zero-order valence-electron chi connectivity index (χ0n) is 13.8. The van der Waals surface area contributed by atoms with Crippen molar-refractivity contribution in [3.8, 4) is 0 Å². The van der Waals surface area contributed by atoms with Gasteiger partial charge in [0.15, 0.2) is 0 Å². The van der Waals surface area contributed by atoms with E-state index in [2.05, 4.69) is 11.8 Å². The minimum atomic E-state index is -0.248. The van der Waals surface area contributed by atoms with E-state index in [9.17, 15) is 9.18 Å². The highest BCUT2D eigenvalue weighted by molar-refractivity contribution is 7.79. The molecular formula is C18H24FNO2S. The molecule has 0 spiro atoms. The lowest BCUT2D eigenvalue weighted by Crippen LogP contribution is -2.39. The van der Waals surface area contributed by atoms with E-state index in [-0.39, 0.29) is 23.1 Å². The molecule has 1 aliphatic rings. The van der Waals surface area contributed by atoms with E-state index in [1.807, 2.05) is 12.1 Å². The Morgan fingerprint density at radius 3 is 2.52 bits per heavy atom. The van der Waals surface area contributed by atoms with E-state index in [0.29, 0.717) is 0 Å². The maximum Gasteiger partial charge on any atom is 0.308 e. The summed E-state index contributed by atoms with van der Waals surface area (Å²) in [5.41, 5.74) is 0.792. The van der Waals surface area contributed by atoms with Gasteiger partial charge in [-0.25, -0.2) is 4.39 Å². The molecule has 1 atom stereocenters. The third kappa shape index (κ3) is 4.58. The van der Waals surface area contributed by atoms with Gasteiger partial charge in [0, 0.05) is 5.41 Å². The number of likely N-dealkylation sites (tertiary alicyclic amines) is 1. The lowest BCUT2D eigenvalue weighted by molar-refractivity contribution is -0.147. The second-order valence-electron chi connectivity index (χ2n) is 6.43. The van der Waals surface area contributed by atoms with Gasteiger partial charge in [-0.2, -0.15) is 0 Å². The molecule has 1 aliphatic heterocycles. The number of nitrogens with zero attached hydrogens (tertiary/aromatic N) is 1. The van der Waals surface area contributed by atoms with Crippen molar-refractivity contribution in [3.05, 3.63) is 35.6 Å². The van der Waals surface area contributed by atoms with Crippen molar-refractivity contribution in [2.45, 2.75) is 31.6 Å². The molecule has 2 rings (SSSR count). The van der Waals surface area contributed by atoms with Gasteiger partial charge in [0.25, 0.3) is 0 Å². The summed E-state index contributed by atoms with van der Waals surface area (Å²) in [7, 11) is 1.45. The highest BCUT2D eigenvalue weighted by Crippen LogP contribution is 2.28. The van der Waals surface area contributed by atoms with E-state index in [0.717, 1.165) is 44.5 Å². The Kier molecular flexibility index (Phi) is 6.25. The molecule has 23 heavy (non-hydrogen) atoms. The number of esters is 1. The van der Waals surface area contributed by atoms with Gasteiger partial charge in [-0.05, 0) is 62.0 Å². The molecule has 0 aliphatic carbocycles. The number of methoxy groups -OCH3 is 1. The van der Waals surface area contributed by atoms with Crippen LogP contribution in [0, 0.1) is 11.7 Å². The molecule has 1 heterocycles. The summed E-state index contributed by atoms with van der Waals surface area (Å²) in [4.78, 5) is 13.9. The molecule has 1 aromatic carbocycles. The Morgan fingerprint density at radius 1 is 1.39 bits per heavy atom. The Morgan fingerprint density at radius 2 is 2.00 bits per heavy atom. The molecule has 1 aromatic rings. The summed E-state index contributed by atoms with van der Waals surface area (Å²) in [5.74, 6) is -0.296. The van der Waals surface area contributed by atoms with Crippen LogP contribution in [0.4, 0.5) is 4.39 Å². The van der Waals surface area contributed by atoms with Gasteiger partial charge in [0.1, 0.15) is 5.82 Å². The fraction of sp³-hybridized carbons (Fsp3) is 0.556. The van der Waals surface area contributed by atoms with Crippen molar-refractivity contribution in [1.82, 2.24) is 4.90 Å². The topological polar surface area (TPSA) is 29.5 Å². The van der Waals surface area contributed by atoms with Gasteiger partial charge in [0.2, 0.25) is 0 Å². The third-order valence-electron chi connectivity index (χ3n) is 4.83. The summed E-state index contributed by atoms with van der Waals surface area (Å²) < 4.78 is 17.9. The quantitative estimate of drug-likeness (QED) is 0.588. The van der Waals surface area contributed by atoms with E-state index < -0.39 is 0 Å². The molecule has 3 nitrogen and oxygen atoms in total. The zero-order valence-corrected chi connectivity index (χ0v) is 14.6. The maximum atomic E-state index is 13.1. The minimum Gasteiger partial charge on any atom is -0.469 e. The standard InChI is InChI=1S/C18H24FNO2S/c1-18(13-23,15-3-5-16(19)6-4-15)9-12-20-10-7-14(8-11-20)17(21)22-2/h3-6,13-14H,7-12H2,1-2H3. The molecule has 0 bridgehead atoms. The first-order chi connectivity index (χ1) is 11.0. The number of rotatable bonds is 6. The molecule has 0 N–H and O–H groups in total. The number of hydrogen-bond donors (Lipinski definition) is 0. The number of carbonyl (C=O) groups excluding carboxylic acids is 1. The van der Waals surface area contributed by atoms with Crippen LogP contribution in [0.1, 0.15) is 31.7 Å². The number of thiocarbonyl (C=S) groups is 1. The number of halogens is 1. The molecule has 0 aromatic heterocycles. The van der Waals surface area contributed by atoms with Gasteiger partial charge >= 0.3 is 5.97 Å². The SMILES string of the molecule is COC(=O)C1CCN(CCC(C)(C=S)c2ccc(F)cc2)CC1. The molecule has 126 valence electrons. The largest absolute Gasteiger partial charge is 0.469 e. The van der Waals surface area contributed by atoms with Crippen LogP contribution in [0.25, 0.3) is 0 Å². The summed E-state index contributed by atoms with van der Waals surface area (Å²) in [6.07, 6.45) is 2.57. The van der Waals surface area contributed by atoms with Crippen LogP contribution in [0.3, 0.4) is 0 Å². The van der Waals surface area contributed by atoms with Crippen molar-refractivity contribution < 1.29 is 13.9 Å². The van der Waals surface area contributed by atoms with Crippen LogP contribution in [0.5, 0.6) is 0 Å². The first-order valence-electron chi connectivity index (χ1n) is 8.01. The van der Waals surface area contributed by atoms with Crippen molar-refractivity contribution in [2.75, 3.05) is 26.7 Å². The van der Waals surface area contributed by atoms with Crippen molar-refractivity contribution in [2.24, 2.45) is 5.92 Å². The van der Waals surface area contributed by atoms with Gasteiger partial charge in [0.05, 0.1) is 13.0 Å². The first-order valence-corrected chi connectivity index (χ1v) is 8.48. The van der Waals surface area contributed by atoms with Crippen LogP contribution >= 0.6 is 12.2 Å². The van der Waals surface area contributed by atoms with Crippen LogP contribution in [-0.4, -0.2) is 43.0 Å². The lowest BCUT2D eigenvalue weighted by Gasteiger charge is -2.34. The minimum absolute atomic E-state index is 0.0326. The smallest absolute Gasteiger partial charge is 0.308 e. The number of ether oxygens (including phenoxy) is 1. The number of piperidine rings is 1. The van der Waals surface area contributed by atoms with E-state index in [1.165, 1.54) is 19.2 Å². The van der Waals surface area contributed by atoms with Gasteiger partial charge in [-0.1, -0.05) is 31.3 Å². The highest BCUT2D eigenvalue weighted by atomic mass is 32.1. The van der Waals surface area contributed by atoms with E-state index in [1.54, 1.807) is 5.37 Å². The monoisotopic (exact) mass is 337 g/mol. The molecular weight excluding hydrogens is 313 g/mol. The second kappa shape index (κ2) is 7.97. The zero-order chi connectivity index (χ0) is 16.9. The highest BCUT2D eigenvalue weighted by Gasteiger charge is 2.28. The molecule has 5 heteroatoms. The summed E-state index contributed by atoms with van der Waals surface area (Å²) >= 11 is 5.24. The molecule has 0 amide bonds. The fourth-order valence-electron chi connectivity index (χ4n) is 3.05.